The maximum Gasteiger partial charge on any atom is 0.261 e. The van der Waals surface area contributed by atoms with Crippen LogP contribution in [0.1, 0.15) is 36.6 Å². The fourth-order valence-electron chi connectivity index (χ4n) is 2.53. The van der Waals surface area contributed by atoms with Crippen LogP contribution in [-0.4, -0.2) is 36.8 Å². The highest BCUT2D eigenvalue weighted by Crippen LogP contribution is 2.22. The number of nitrogens with one attached hydrogen (secondary N) is 1. The van der Waals surface area contributed by atoms with Gasteiger partial charge in [-0.3, -0.25) is 19.3 Å². The minimum Gasteiger partial charge on any atom is -0.497 e. The Labute approximate surface area is 139 Å². The van der Waals surface area contributed by atoms with E-state index in [1.165, 1.54) is 19.2 Å². The summed E-state index contributed by atoms with van der Waals surface area (Å²) in [4.78, 5) is 37.1. The first-order valence-electron chi connectivity index (χ1n) is 7.39. The predicted molar refractivity (Wildman–Crippen MR) is 87.0 cm³/mol. The largest absolute Gasteiger partial charge is 0.497 e. The van der Waals surface area contributed by atoms with Crippen LogP contribution in [0, 0.1) is 0 Å². The number of methoxy groups -OCH3 is 1. The van der Waals surface area contributed by atoms with Gasteiger partial charge in [-0.25, -0.2) is 0 Å². The number of benzene rings is 2. The third-order valence-corrected chi connectivity index (χ3v) is 3.96. The molecule has 122 valence electrons. The number of imide groups is 1. The molecular weight excluding hydrogens is 308 g/mol. The van der Waals surface area contributed by atoms with Crippen molar-refractivity contribution in [3.05, 3.63) is 64.7 Å². The Hall–Kier alpha value is -3.15. The molecule has 3 rings (SSSR count). The van der Waals surface area contributed by atoms with E-state index < -0.39 is 0 Å². The van der Waals surface area contributed by atoms with Crippen LogP contribution in [0.5, 0.6) is 5.75 Å². The highest BCUT2D eigenvalue weighted by atomic mass is 16.5. The lowest BCUT2D eigenvalue weighted by Gasteiger charge is -2.07. The molecule has 6 heteroatoms. The molecule has 0 saturated carbocycles. The average molecular weight is 324 g/mol. The summed E-state index contributed by atoms with van der Waals surface area (Å²) in [5.41, 5.74) is 1.86. The zero-order valence-corrected chi connectivity index (χ0v) is 13.3. The Balaban J connectivity index is 1.72. The Bertz CT molecular complexity index is 827. The van der Waals surface area contributed by atoms with Gasteiger partial charge in [-0.15, -0.1) is 0 Å². The van der Waals surface area contributed by atoms with Crippen molar-refractivity contribution in [2.45, 2.75) is 6.54 Å². The zero-order valence-electron chi connectivity index (χ0n) is 13.3. The fraction of sp³-hybridized carbons (Fsp3) is 0.167. The number of carbonyl (C=O) groups excluding carboxylic acids is 3. The topological polar surface area (TPSA) is 75.7 Å². The summed E-state index contributed by atoms with van der Waals surface area (Å²) >= 11 is 0. The van der Waals surface area contributed by atoms with E-state index in [9.17, 15) is 14.4 Å². The second-order valence-electron chi connectivity index (χ2n) is 5.46. The van der Waals surface area contributed by atoms with Crippen LogP contribution < -0.4 is 10.1 Å². The van der Waals surface area contributed by atoms with Gasteiger partial charge < -0.3 is 10.1 Å². The third-order valence-electron chi connectivity index (χ3n) is 3.96. The van der Waals surface area contributed by atoms with Crippen molar-refractivity contribution >= 4 is 17.7 Å². The maximum atomic E-state index is 12.3. The van der Waals surface area contributed by atoms with Crippen molar-refractivity contribution in [3.8, 4) is 5.75 Å². The van der Waals surface area contributed by atoms with Crippen LogP contribution in [0.15, 0.2) is 42.5 Å². The van der Waals surface area contributed by atoms with Gasteiger partial charge in [0.15, 0.2) is 0 Å². The second kappa shape index (κ2) is 6.16. The van der Waals surface area contributed by atoms with Crippen molar-refractivity contribution < 1.29 is 19.1 Å². The molecule has 0 bridgehead atoms. The number of amides is 3. The molecule has 6 nitrogen and oxygen atoms in total. The number of hydrogen-bond acceptors (Lipinski definition) is 4. The molecule has 0 atom stereocenters. The van der Waals surface area contributed by atoms with Crippen LogP contribution in [0.2, 0.25) is 0 Å². The van der Waals surface area contributed by atoms with Crippen molar-refractivity contribution in [2.75, 3.05) is 14.2 Å². The standard InChI is InChI=1S/C18H16N2O4/c1-20-17(22)14-8-5-12(9-15(14)18(20)23)16(21)19-10-11-3-6-13(24-2)7-4-11/h3-9H,10H2,1-2H3,(H,19,21). The molecule has 2 aromatic carbocycles. The van der Waals surface area contributed by atoms with E-state index in [1.54, 1.807) is 13.2 Å². The molecule has 0 radical (unpaired) electrons. The number of fused-ring (bicyclic) bond motifs is 1. The summed E-state index contributed by atoms with van der Waals surface area (Å²) in [5, 5.41) is 2.79. The highest BCUT2D eigenvalue weighted by molar-refractivity contribution is 6.21. The molecule has 1 N–H and O–H groups in total. The number of nitrogens with zero attached hydrogens (tertiary/aromatic N) is 1. The smallest absolute Gasteiger partial charge is 0.261 e. The molecule has 1 aliphatic heterocycles. The summed E-state index contributed by atoms with van der Waals surface area (Å²) < 4.78 is 5.08. The lowest BCUT2D eigenvalue weighted by molar-refractivity contribution is 0.0693. The molecule has 24 heavy (non-hydrogen) atoms. The van der Waals surface area contributed by atoms with E-state index in [2.05, 4.69) is 5.32 Å². The molecule has 3 amide bonds. The summed E-state index contributed by atoms with van der Waals surface area (Å²) in [6.45, 7) is 0.354. The molecule has 0 fully saturated rings. The number of ether oxygens (including phenoxy) is 1. The van der Waals surface area contributed by atoms with E-state index in [1.807, 2.05) is 24.3 Å². The monoisotopic (exact) mass is 324 g/mol. The average Bonchev–Trinajstić information content (AvgIpc) is 2.84. The van der Waals surface area contributed by atoms with Gasteiger partial charge in [-0.1, -0.05) is 12.1 Å². The van der Waals surface area contributed by atoms with Crippen LogP contribution in [0.25, 0.3) is 0 Å². The van der Waals surface area contributed by atoms with Gasteiger partial charge in [0.05, 0.1) is 18.2 Å². The lowest BCUT2D eigenvalue weighted by atomic mass is 10.1. The first-order chi connectivity index (χ1) is 11.5. The van der Waals surface area contributed by atoms with E-state index in [-0.39, 0.29) is 23.3 Å². The summed E-state index contributed by atoms with van der Waals surface area (Å²) in [6.07, 6.45) is 0. The van der Waals surface area contributed by atoms with Gasteiger partial charge >= 0.3 is 0 Å². The lowest BCUT2D eigenvalue weighted by Crippen LogP contribution is -2.24. The van der Waals surface area contributed by atoms with Gasteiger partial charge in [0.2, 0.25) is 0 Å². The summed E-state index contributed by atoms with van der Waals surface area (Å²) in [6, 6.07) is 11.9. The fourth-order valence-corrected chi connectivity index (χ4v) is 2.53. The van der Waals surface area contributed by atoms with Gasteiger partial charge in [-0.05, 0) is 35.9 Å². The van der Waals surface area contributed by atoms with Gasteiger partial charge in [0, 0.05) is 19.2 Å². The Kier molecular flexibility index (Phi) is 4.04. The Morgan fingerprint density at radius 1 is 1.04 bits per heavy atom. The Morgan fingerprint density at radius 2 is 1.71 bits per heavy atom. The van der Waals surface area contributed by atoms with Crippen LogP contribution in [-0.2, 0) is 6.54 Å². The van der Waals surface area contributed by atoms with Gasteiger partial charge in [0.1, 0.15) is 5.75 Å². The van der Waals surface area contributed by atoms with E-state index in [0.29, 0.717) is 17.7 Å². The summed E-state index contributed by atoms with van der Waals surface area (Å²) in [7, 11) is 3.02. The van der Waals surface area contributed by atoms with Crippen molar-refractivity contribution in [1.82, 2.24) is 10.2 Å². The molecule has 0 unspecified atom stereocenters. The first-order valence-corrected chi connectivity index (χ1v) is 7.39. The molecule has 0 aromatic heterocycles. The third kappa shape index (κ3) is 2.74. The second-order valence-corrected chi connectivity index (χ2v) is 5.46. The minimum absolute atomic E-state index is 0.264. The van der Waals surface area contributed by atoms with Crippen LogP contribution in [0.4, 0.5) is 0 Å². The van der Waals surface area contributed by atoms with Crippen LogP contribution >= 0.6 is 0 Å². The van der Waals surface area contributed by atoms with E-state index in [0.717, 1.165) is 16.2 Å². The number of carbonyl (C=O) groups is 3. The van der Waals surface area contributed by atoms with Crippen LogP contribution in [0.3, 0.4) is 0 Å². The van der Waals surface area contributed by atoms with Gasteiger partial charge in [-0.2, -0.15) is 0 Å². The van der Waals surface area contributed by atoms with Crippen molar-refractivity contribution in [1.29, 1.82) is 0 Å². The molecule has 0 saturated heterocycles. The number of hydrogen-bond donors (Lipinski definition) is 1. The van der Waals surface area contributed by atoms with Crippen molar-refractivity contribution in [3.63, 3.8) is 0 Å². The van der Waals surface area contributed by atoms with Crippen molar-refractivity contribution in [2.24, 2.45) is 0 Å². The molecule has 0 spiro atoms. The Morgan fingerprint density at radius 3 is 2.38 bits per heavy atom. The molecule has 2 aromatic rings. The molecule has 1 aliphatic rings. The maximum absolute atomic E-state index is 12.3. The molecular formula is C18H16N2O4. The van der Waals surface area contributed by atoms with Gasteiger partial charge in [0.25, 0.3) is 17.7 Å². The van der Waals surface area contributed by atoms with E-state index >= 15 is 0 Å². The highest BCUT2D eigenvalue weighted by Gasteiger charge is 2.33. The zero-order chi connectivity index (χ0) is 17.3. The first kappa shape index (κ1) is 15.7. The molecule has 1 heterocycles. The quantitative estimate of drug-likeness (QED) is 0.871. The van der Waals surface area contributed by atoms with E-state index in [4.69, 9.17) is 4.74 Å². The summed E-state index contributed by atoms with van der Waals surface area (Å²) in [5.74, 6) is -0.292. The predicted octanol–water partition coefficient (Wildman–Crippen LogP) is 1.85. The SMILES string of the molecule is COc1ccc(CNC(=O)c2ccc3c(c2)C(=O)N(C)C3=O)cc1. The molecule has 0 aliphatic carbocycles. The minimum atomic E-state index is -0.389. The number of rotatable bonds is 4. The normalized spacial score (nSPS) is 13.0.